The van der Waals surface area contributed by atoms with Crippen molar-refractivity contribution in [1.29, 1.82) is 0 Å². The predicted molar refractivity (Wildman–Crippen MR) is 99.6 cm³/mol. The maximum Gasteiger partial charge on any atom is 0.238 e. The van der Waals surface area contributed by atoms with Crippen LogP contribution in [-0.2, 0) is 4.79 Å². The van der Waals surface area contributed by atoms with E-state index >= 15 is 0 Å². The number of aromatic nitrogens is 2. The number of carbonyl (C=O) groups excluding carboxylic acids is 1. The Balaban J connectivity index is 1.71. The van der Waals surface area contributed by atoms with Gasteiger partial charge in [0.05, 0.1) is 29.8 Å². The van der Waals surface area contributed by atoms with Crippen molar-refractivity contribution < 1.29 is 14.6 Å². The number of aliphatic hydroxyl groups excluding tert-OH is 1. The molecule has 26 heavy (non-hydrogen) atoms. The molecule has 0 aliphatic heterocycles. The Labute approximate surface area is 155 Å². The number of nitrogens with zero attached hydrogens (tertiary/aromatic N) is 2. The summed E-state index contributed by atoms with van der Waals surface area (Å²) < 4.78 is 5.74. The van der Waals surface area contributed by atoms with Crippen LogP contribution in [0.3, 0.4) is 0 Å². The summed E-state index contributed by atoms with van der Waals surface area (Å²) in [4.78, 5) is 20.6. The minimum absolute atomic E-state index is 0.0791. The van der Waals surface area contributed by atoms with Crippen LogP contribution >= 0.6 is 11.6 Å². The third kappa shape index (κ3) is 4.28. The third-order valence-electron chi connectivity index (χ3n) is 3.89. The standard InChI is InChI=1S/C19H18ClN3O3/c1-12(19(25)21-8-9-24)13-2-5-15(6-3-13)26-18-11-22-17-10-14(20)4-7-16(17)23-18/h2-7,10-12,24H,8-9H2,1H3,(H,21,25). The Kier molecular flexibility index (Phi) is 5.65. The lowest BCUT2D eigenvalue weighted by Gasteiger charge is -2.12. The molecule has 0 bridgehead atoms. The Morgan fingerprint density at radius 3 is 2.73 bits per heavy atom. The number of hydrogen-bond acceptors (Lipinski definition) is 5. The van der Waals surface area contributed by atoms with Crippen LogP contribution in [0.15, 0.2) is 48.7 Å². The van der Waals surface area contributed by atoms with Gasteiger partial charge in [0.2, 0.25) is 11.8 Å². The fourth-order valence-electron chi connectivity index (χ4n) is 2.44. The van der Waals surface area contributed by atoms with E-state index in [1.54, 1.807) is 30.3 Å². The van der Waals surface area contributed by atoms with Crippen LogP contribution in [0.4, 0.5) is 0 Å². The fourth-order valence-corrected chi connectivity index (χ4v) is 2.61. The molecule has 7 heteroatoms. The molecule has 1 unspecified atom stereocenters. The smallest absolute Gasteiger partial charge is 0.238 e. The molecule has 6 nitrogen and oxygen atoms in total. The van der Waals surface area contributed by atoms with Gasteiger partial charge in [-0.25, -0.2) is 9.97 Å². The van der Waals surface area contributed by atoms with E-state index in [1.165, 1.54) is 6.20 Å². The lowest BCUT2D eigenvalue weighted by Crippen LogP contribution is -2.30. The number of hydrogen-bond donors (Lipinski definition) is 2. The summed E-state index contributed by atoms with van der Waals surface area (Å²) in [6.07, 6.45) is 1.54. The van der Waals surface area contributed by atoms with E-state index in [1.807, 2.05) is 19.1 Å². The number of aliphatic hydroxyl groups is 1. The lowest BCUT2D eigenvalue weighted by atomic mass is 10.0. The molecule has 134 valence electrons. The first-order chi connectivity index (χ1) is 12.6. The maximum absolute atomic E-state index is 11.9. The molecule has 3 aromatic rings. The molecule has 0 saturated heterocycles. The Hall–Kier alpha value is -2.70. The fraction of sp³-hybridized carbons (Fsp3) is 0.211. The van der Waals surface area contributed by atoms with Gasteiger partial charge in [0, 0.05) is 11.6 Å². The molecule has 0 fully saturated rings. The quantitative estimate of drug-likeness (QED) is 0.694. The number of carbonyl (C=O) groups is 1. The highest BCUT2D eigenvalue weighted by Crippen LogP contribution is 2.24. The first kappa shape index (κ1) is 18.1. The van der Waals surface area contributed by atoms with Crippen LogP contribution in [0.5, 0.6) is 11.6 Å². The van der Waals surface area contributed by atoms with E-state index in [0.29, 0.717) is 27.7 Å². The zero-order chi connectivity index (χ0) is 18.5. The van der Waals surface area contributed by atoms with Gasteiger partial charge in [-0.2, -0.15) is 0 Å². The normalized spacial score (nSPS) is 12.0. The van der Waals surface area contributed by atoms with Crippen molar-refractivity contribution in [2.75, 3.05) is 13.2 Å². The maximum atomic E-state index is 11.9. The van der Waals surface area contributed by atoms with Crippen molar-refractivity contribution in [3.05, 3.63) is 59.2 Å². The molecular formula is C19H18ClN3O3. The van der Waals surface area contributed by atoms with Crippen molar-refractivity contribution in [2.45, 2.75) is 12.8 Å². The molecule has 0 saturated carbocycles. The van der Waals surface area contributed by atoms with Gasteiger partial charge < -0.3 is 15.2 Å². The van der Waals surface area contributed by atoms with Gasteiger partial charge in [0.15, 0.2) is 0 Å². The van der Waals surface area contributed by atoms with Gasteiger partial charge in [0.1, 0.15) is 5.75 Å². The Morgan fingerprint density at radius 2 is 2.00 bits per heavy atom. The number of halogens is 1. The third-order valence-corrected chi connectivity index (χ3v) is 4.12. The van der Waals surface area contributed by atoms with E-state index in [0.717, 1.165) is 5.56 Å². The molecule has 1 amide bonds. The van der Waals surface area contributed by atoms with Crippen molar-refractivity contribution in [2.24, 2.45) is 0 Å². The van der Waals surface area contributed by atoms with Gasteiger partial charge in [0.25, 0.3) is 0 Å². The topological polar surface area (TPSA) is 84.3 Å². The summed E-state index contributed by atoms with van der Waals surface area (Å²) in [5, 5.41) is 12.0. The van der Waals surface area contributed by atoms with E-state index in [9.17, 15) is 4.79 Å². The number of amides is 1. The predicted octanol–water partition coefficient (Wildman–Crippen LogP) is 3.29. The number of nitrogens with one attached hydrogen (secondary N) is 1. The van der Waals surface area contributed by atoms with Crippen LogP contribution < -0.4 is 10.1 Å². The monoisotopic (exact) mass is 371 g/mol. The van der Waals surface area contributed by atoms with Crippen molar-refractivity contribution in [1.82, 2.24) is 15.3 Å². The average molecular weight is 372 g/mol. The second-order valence-electron chi connectivity index (χ2n) is 5.75. The zero-order valence-electron chi connectivity index (χ0n) is 14.1. The summed E-state index contributed by atoms with van der Waals surface area (Å²) in [6.45, 7) is 1.98. The molecule has 2 N–H and O–H groups in total. The van der Waals surface area contributed by atoms with Crippen LogP contribution in [0.25, 0.3) is 11.0 Å². The van der Waals surface area contributed by atoms with Gasteiger partial charge in [-0.3, -0.25) is 4.79 Å². The summed E-state index contributed by atoms with van der Waals surface area (Å²) in [5.41, 5.74) is 2.24. The molecule has 0 spiro atoms. The van der Waals surface area contributed by atoms with E-state index in [2.05, 4.69) is 15.3 Å². The molecule has 2 aromatic carbocycles. The van der Waals surface area contributed by atoms with Crippen LogP contribution in [0.2, 0.25) is 5.02 Å². The second kappa shape index (κ2) is 8.12. The first-order valence-electron chi connectivity index (χ1n) is 8.15. The van der Waals surface area contributed by atoms with Crippen molar-refractivity contribution in [3.8, 4) is 11.6 Å². The first-order valence-corrected chi connectivity index (χ1v) is 8.53. The van der Waals surface area contributed by atoms with Crippen LogP contribution in [0.1, 0.15) is 18.4 Å². The minimum atomic E-state index is -0.319. The Morgan fingerprint density at radius 1 is 1.23 bits per heavy atom. The number of ether oxygens (including phenoxy) is 1. The van der Waals surface area contributed by atoms with E-state index in [-0.39, 0.29) is 25.0 Å². The largest absolute Gasteiger partial charge is 0.437 e. The van der Waals surface area contributed by atoms with E-state index in [4.69, 9.17) is 21.4 Å². The highest BCUT2D eigenvalue weighted by Gasteiger charge is 2.14. The molecule has 0 radical (unpaired) electrons. The number of fused-ring (bicyclic) bond motifs is 1. The molecular weight excluding hydrogens is 354 g/mol. The highest BCUT2D eigenvalue weighted by atomic mass is 35.5. The molecule has 3 rings (SSSR count). The molecule has 1 atom stereocenters. The van der Waals surface area contributed by atoms with Gasteiger partial charge in [-0.05, 0) is 42.8 Å². The van der Waals surface area contributed by atoms with Crippen LogP contribution in [0, 0.1) is 0 Å². The lowest BCUT2D eigenvalue weighted by molar-refractivity contribution is -0.122. The molecule has 1 heterocycles. The highest BCUT2D eigenvalue weighted by molar-refractivity contribution is 6.31. The zero-order valence-corrected chi connectivity index (χ0v) is 14.9. The number of rotatable bonds is 6. The van der Waals surface area contributed by atoms with Gasteiger partial charge in [-0.1, -0.05) is 23.7 Å². The summed E-state index contributed by atoms with van der Waals surface area (Å²) in [5.74, 6) is 0.522. The number of benzene rings is 2. The van der Waals surface area contributed by atoms with Crippen LogP contribution in [-0.4, -0.2) is 34.1 Å². The summed E-state index contributed by atoms with van der Waals surface area (Å²) in [6, 6.07) is 12.5. The van der Waals surface area contributed by atoms with Gasteiger partial charge >= 0.3 is 0 Å². The Bertz CT molecular complexity index is 916. The van der Waals surface area contributed by atoms with Crippen molar-refractivity contribution >= 4 is 28.5 Å². The minimum Gasteiger partial charge on any atom is -0.437 e. The van der Waals surface area contributed by atoms with E-state index < -0.39 is 0 Å². The van der Waals surface area contributed by atoms with Crippen molar-refractivity contribution in [3.63, 3.8) is 0 Å². The molecule has 0 aliphatic carbocycles. The average Bonchev–Trinajstić information content (AvgIpc) is 2.66. The molecule has 0 aliphatic rings. The second-order valence-corrected chi connectivity index (χ2v) is 6.19. The summed E-state index contributed by atoms with van der Waals surface area (Å²) >= 11 is 5.94. The summed E-state index contributed by atoms with van der Waals surface area (Å²) in [7, 11) is 0. The van der Waals surface area contributed by atoms with Gasteiger partial charge in [-0.15, -0.1) is 0 Å². The SMILES string of the molecule is CC(C(=O)NCCO)c1ccc(Oc2cnc3cc(Cl)ccc3n2)cc1. The molecule has 1 aromatic heterocycles.